The Kier molecular flexibility index (Phi) is 11.3. The molecular weight excluding hydrogens is 347 g/mol. The van der Waals surface area contributed by atoms with E-state index in [0.29, 0.717) is 5.75 Å². The molecule has 2 heterocycles. The average Bonchev–Trinajstić information content (AvgIpc) is 3.05. The van der Waals surface area contributed by atoms with Gasteiger partial charge in [0.15, 0.2) is 5.78 Å². The lowest BCUT2D eigenvalue weighted by molar-refractivity contribution is -0.110. The summed E-state index contributed by atoms with van der Waals surface area (Å²) < 4.78 is 6.00. The van der Waals surface area contributed by atoms with Crippen LogP contribution in [0.3, 0.4) is 0 Å². The number of hydrogen-bond donors (Lipinski definition) is 0. The highest BCUT2D eigenvalue weighted by molar-refractivity contribution is 7.99. The fraction of sp³-hybridized carbons (Fsp3) is 0.857. The summed E-state index contributed by atoms with van der Waals surface area (Å²) in [6, 6.07) is 0. The smallest absolute Gasteiger partial charge is 0.186 e. The summed E-state index contributed by atoms with van der Waals surface area (Å²) in [6.45, 7) is 4.33. The molecule has 0 radical (unpaired) electrons. The molecule has 3 nitrogen and oxygen atoms in total. The van der Waals surface area contributed by atoms with Crippen LogP contribution < -0.4 is 0 Å². The van der Waals surface area contributed by atoms with Gasteiger partial charge in [-0.15, -0.1) is 23.2 Å². The molecule has 2 aliphatic rings. The van der Waals surface area contributed by atoms with E-state index >= 15 is 0 Å². The molecule has 0 aliphatic carbocycles. The molecule has 0 aromatic heterocycles. The second-order valence-corrected chi connectivity index (χ2v) is 8.38. The van der Waals surface area contributed by atoms with Crippen LogP contribution in [0, 0.1) is 0 Å². The number of hydrogen-bond acceptors (Lipinski definition) is 5. The molecule has 2 unspecified atom stereocenters. The van der Waals surface area contributed by atoms with Crippen molar-refractivity contribution in [2.75, 3.05) is 18.8 Å². The summed E-state index contributed by atoms with van der Waals surface area (Å²) in [6.07, 6.45) is 9.45. The fourth-order valence-corrected chi connectivity index (χ4v) is 4.23. The van der Waals surface area contributed by atoms with E-state index in [9.17, 15) is 4.79 Å². The maximum atomic E-state index is 10.1. The minimum atomic E-state index is 0.0757. The molecule has 0 amide bonds. The van der Waals surface area contributed by atoms with Crippen molar-refractivity contribution in [1.82, 2.24) is 4.31 Å². The van der Waals surface area contributed by atoms with Gasteiger partial charge in [-0.1, -0.05) is 51.0 Å². The van der Waals surface area contributed by atoms with Gasteiger partial charge in [-0.25, -0.2) is 8.70 Å². The van der Waals surface area contributed by atoms with Crippen LogP contribution in [0.15, 0.2) is 4.40 Å². The average molecular weight is 371 g/mol. The molecule has 2 aliphatic heterocycles. The van der Waals surface area contributed by atoms with Crippen molar-refractivity contribution in [2.24, 2.45) is 4.40 Å². The highest BCUT2D eigenvalue weighted by Gasteiger charge is 2.30. The molecule has 2 atom stereocenters. The quantitative estimate of drug-likeness (QED) is 0.367. The van der Waals surface area contributed by atoms with Crippen LogP contribution in [-0.4, -0.2) is 45.2 Å². The first-order chi connectivity index (χ1) is 10.1. The third-order valence-electron chi connectivity index (χ3n) is 3.15. The van der Waals surface area contributed by atoms with Crippen LogP contribution in [0.25, 0.3) is 0 Å². The number of rotatable bonds is 7. The number of halogens is 2. The number of Topliss-reactive ketones (excluding diaryl/α,β-unsaturated/α-hetero) is 1. The van der Waals surface area contributed by atoms with E-state index in [1.807, 2.05) is 0 Å². The third kappa shape index (κ3) is 9.34. The van der Waals surface area contributed by atoms with E-state index in [1.165, 1.54) is 56.7 Å². The van der Waals surface area contributed by atoms with E-state index in [2.05, 4.69) is 15.6 Å². The molecule has 21 heavy (non-hydrogen) atoms. The molecular formula is C14H24Cl2N2OS2. The van der Waals surface area contributed by atoms with E-state index in [0.717, 1.165) is 13.1 Å². The van der Waals surface area contributed by atoms with Gasteiger partial charge in [0.1, 0.15) is 4.71 Å². The first kappa shape index (κ1) is 19.6. The Morgan fingerprint density at radius 3 is 2.48 bits per heavy atom. The van der Waals surface area contributed by atoms with Gasteiger partial charge < -0.3 is 0 Å². The second kappa shape index (κ2) is 12.1. The van der Waals surface area contributed by atoms with Crippen molar-refractivity contribution >= 4 is 59.1 Å². The highest BCUT2D eigenvalue weighted by atomic mass is 35.5. The maximum absolute atomic E-state index is 10.1. The Balaban J connectivity index is 0.000000304. The van der Waals surface area contributed by atoms with Gasteiger partial charge in [-0.3, -0.25) is 4.79 Å². The normalized spacial score (nSPS) is 25.2. The van der Waals surface area contributed by atoms with Gasteiger partial charge in [-0.2, -0.15) is 0 Å². The first-order valence-electron chi connectivity index (χ1n) is 7.51. The fourth-order valence-electron chi connectivity index (χ4n) is 1.98. The largest absolute Gasteiger partial charge is 0.292 e. The van der Waals surface area contributed by atoms with Crippen molar-refractivity contribution in [2.45, 2.75) is 55.5 Å². The summed E-state index contributed by atoms with van der Waals surface area (Å²) >= 11 is 15.1. The van der Waals surface area contributed by atoms with E-state index in [-0.39, 0.29) is 15.9 Å². The molecule has 0 saturated carbocycles. The van der Waals surface area contributed by atoms with Crippen molar-refractivity contribution in [3.8, 4) is 0 Å². The Bertz CT molecular complexity index is 322. The first-order valence-corrected chi connectivity index (χ1v) is 10.2. The van der Waals surface area contributed by atoms with Gasteiger partial charge in [0.05, 0.1) is 17.3 Å². The molecule has 122 valence electrons. The lowest BCUT2D eigenvalue weighted by atomic mass is 10.1. The predicted octanol–water partition coefficient (Wildman–Crippen LogP) is 4.77. The molecule has 0 spiro atoms. The molecule has 2 rings (SSSR count). The Hall–Kier alpha value is 0.580. The number of unbranched alkanes of at least 4 members (excludes halogenated alkanes) is 5. The van der Waals surface area contributed by atoms with E-state index in [4.69, 9.17) is 23.2 Å². The van der Waals surface area contributed by atoms with Crippen molar-refractivity contribution in [3.63, 3.8) is 0 Å². The molecule has 1 saturated heterocycles. The summed E-state index contributed by atoms with van der Waals surface area (Å²) in [5, 5.41) is 0.122. The van der Waals surface area contributed by atoms with Crippen LogP contribution in [0.4, 0.5) is 0 Å². The number of ketones is 1. The van der Waals surface area contributed by atoms with Crippen LogP contribution in [0.5, 0.6) is 0 Å². The number of alkyl halides is 2. The zero-order valence-corrected chi connectivity index (χ0v) is 15.6. The molecule has 0 N–H and O–H groups in total. The zero-order chi connectivity index (χ0) is 15.5. The van der Waals surface area contributed by atoms with Gasteiger partial charge in [0.2, 0.25) is 0 Å². The van der Waals surface area contributed by atoms with Gasteiger partial charge in [0.25, 0.3) is 0 Å². The predicted molar refractivity (Wildman–Crippen MR) is 97.8 cm³/mol. The van der Waals surface area contributed by atoms with Crippen LogP contribution in [-0.2, 0) is 4.79 Å². The van der Waals surface area contributed by atoms with Crippen molar-refractivity contribution in [3.05, 3.63) is 0 Å². The van der Waals surface area contributed by atoms with Gasteiger partial charge in [0, 0.05) is 13.1 Å². The molecule has 0 aromatic carbocycles. The van der Waals surface area contributed by atoms with Crippen LogP contribution in [0.2, 0.25) is 0 Å². The zero-order valence-electron chi connectivity index (χ0n) is 12.5. The Labute approximate surface area is 146 Å². The van der Waals surface area contributed by atoms with Gasteiger partial charge in [-0.05, 0) is 18.4 Å². The lowest BCUT2D eigenvalue weighted by Gasteiger charge is -2.12. The number of nitrogens with zero attached hydrogens (tertiary/aromatic N) is 2. The van der Waals surface area contributed by atoms with Crippen LogP contribution in [0.1, 0.15) is 45.4 Å². The standard InChI is InChI=1S/C11H21Cl2NS.C3H3NOS/c1-2-3-4-5-6-7-8-14-9-10(12)11(13)15-14;5-3-1-4-6-2-3/h10-11H,2-9H2,1H3;1H,2H2. The minimum Gasteiger partial charge on any atom is -0.292 e. The molecule has 1 fully saturated rings. The lowest BCUT2D eigenvalue weighted by Crippen LogP contribution is -2.17. The summed E-state index contributed by atoms with van der Waals surface area (Å²) in [5.41, 5.74) is 0. The molecule has 0 aromatic rings. The molecule has 7 heteroatoms. The minimum absolute atomic E-state index is 0.0757. The second-order valence-electron chi connectivity index (χ2n) is 5.10. The third-order valence-corrected chi connectivity index (χ3v) is 6.19. The van der Waals surface area contributed by atoms with E-state index in [1.54, 1.807) is 11.9 Å². The molecule has 0 bridgehead atoms. The SMILES string of the molecule is CCCCCCCCN1CC(Cl)C(Cl)S1.O=C1C=NSC1. The topological polar surface area (TPSA) is 32.7 Å². The van der Waals surface area contributed by atoms with Gasteiger partial charge >= 0.3 is 0 Å². The summed E-state index contributed by atoms with van der Waals surface area (Å²) in [4.78, 5) is 10.1. The van der Waals surface area contributed by atoms with E-state index < -0.39 is 0 Å². The Morgan fingerprint density at radius 1 is 1.29 bits per heavy atom. The summed E-state index contributed by atoms with van der Waals surface area (Å²) in [7, 11) is 0. The van der Waals surface area contributed by atoms with Crippen molar-refractivity contribution in [1.29, 1.82) is 0 Å². The Morgan fingerprint density at radius 2 is 2.00 bits per heavy atom. The monoisotopic (exact) mass is 370 g/mol. The highest BCUT2D eigenvalue weighted by Crippen LogP contribution is 2.34. The van der Waals surface area contributed by atoms with Crippen molar-refractivity contribution < 1.29 is 4.79 Å². The number of carbonyl (C=O) groups excluding carboxylic acids is 1. The van der Waals surface area contributed by atoms with Crippen LogP contribution >= 0.6 is 47.1 Å². The summed E-state index contributed by atoms with van der Waals surface area (Å²) in [5.74, 6) is 0.667. The number of carbonyl (C=O) groups is 1. The maximum Gasteiger partial charge on any atom is 0.186 e.